The van der Waals surface area contributed by atoms with Crippen molar-refractivity contribution in [2.45, 2.75) is 13.3 Å². The molecule has 2 heterocycles. The van der Waals surface area contributed by atoms with Crippen LogP contribution in [0.1, 0.15) is 32.7 Å². The molecular weight excluding hydrogens is 624 g/mol. The quantitative estimate of drug-likeness (QED) is 0.0996. The number of aryl methyl sites for hydroxylation is 1. The van der Waals surface area contributed by atoms with E-state index < -0.39 is 12.6 Å². The molecule has 1 aliphatic heterocycles. The first-order valence-corrected chi connectivity index (χ1v) is 15.1. The maximum atomic E-state index is 13.4. The van der Waals surface area contributed by atoms with Crippen LogP contribution in [-0.4, -0.2) is 42.3 Å². The van der Waals surface area contributed by atoms with Crippen molar-refractivity contribution in [1.82, 2.24) is 4.98 Å². The van der Waals surface area contributed by atoms with E-state index in [4.69, 9.17) is 14.5 Å². The van der Waals surface area contributed by atoms with Gasteiger partial charge in [-0.25, -0.2) is 9.78 Å². The average molecular weight is 652 g/mol. The number of Topliss-reactive ketones (excluding diaryl/α,β-unsaturated/α-hetero) is 1. The number of fused-ring (bicyclic) bond motifs is 6. The van der Waals surface area contributed by atoms with Gasteiger partial charge in [-0.2, -0.15) is 0 Å². The molecule has 220 valence electrons. The zero-order valence-corrected chi connectivity index (χ0v) is 25.5. The van der Waals surface area contributed by atoms with Gasteiger partial charge in [0.1, 0.15) is 5.75 Å². The number of esters is 1. The fourth-order valence-electron chi connectivity index (χ4n) is 6.78. The van der Waals surface area contributed by atoms with Crippen molar-refractivity contribution in [1.29, 1.82) is 0 Å². The Hall–Kier alpha value is -4.63. The number of carbonyl (C=O) groups is 4. The van der Waals surface area contributed by atoms with Gasteiger partial charge in [0.25, 0.3) is 0 Å². The van der Waals surface area contributed by atoms with E-state index in [9.17, 15) is 19.2 Å². The van der Waals surface area contributed by atoms with E-state index in [2.05, 4.69) is 28.1 Å². The third-order valence-electron chi connectivity index (χ3n) is 8.93. The molecule has 44 heavy (non-hydrogen) atoms. The Bertz CT molecular complexity index is 1870. The number of aromatic nitrogens is 1. The molecule has 2 fully saturated rings. The largest absolute Gasteiger partial charge is 0.497 e. The van der Waals surface area contributed by atoms with Crippen LogP contribution >= 0.6 is 15.9 Å². The number of ether oxygens (including phenoxy) is 2. The van der Waals surface area contributed by atoms with Gasteiger partial charge in [-0.3, -0.25) is 19.3 Å². The molecule has 4 unspecified atom stereocenters. The molecule has 3 aliphatic rings. The van der Waals surface area contributed by atoms with Gasteiger partial charge in [-0.05, 0) is 85.3 Å². The smallest absolute Gasteiger partial charge is 0.339 e. The SMILES string of the molecule is COc1ccc(C(=O)COC(=O)c2cc(-c3ccc(N4C(=O)C5C6C=CC(C6)C5C4=O)cc3)nc3c(C)cc(Br)cc23)cc1. The lowest BCUT2D eigenvalue weighted by Gasteiger charge is -2.18. The molecule has 1 aromatic heterocycles. The monoisotopic (exact) mass is 650 g/mol. The molecule has 3 aromatic carbocycles. The minimum atomic E-state index is -0.655. The molecule has 1 saturated carbocycles. The first kappa shape index (κ1) is 28.2. The van der Waals surface area contributed by atoms with Gasteiger partial charge >= 0.3 is 5.97 Å². The summed E-state index contributed by atoms with van der Waals surface area (Å²) in [5.74, 6) is -0.912. The topological polar surface area (TPSA) is 103 Å². The second-order valence-electron chi connectivity index (χ2n) is 11.5. The molecule has 2 aliphatic carbocycles. The summed E-state index contributed by atoms with van der Waals surface area (Å²) in [5.41, 5.74) is 3.86. The van der Waals surface area contributed by atoms with E-state index >= 15 is 0 Å². The number of allylic oxidation sites excluding steroid dienone is 2. The number of pyridine rings is 1. The molecule has 0 radical (unpaired) electrons. The van der Waals surface area contributed by atoms with Crippen LogP contribution in [0.5, 0.6) is 5.75 Å². The maximum Gasteiger partial charge on any atom is 0.339 e. The van der Waals surface area contributed by atoms with Crippen LogP contribution in [0.2, 0.25) is 0 Å². The molecule has 2 bridgehead atoms. The molecular formula is C35H27BrN2O6. The van der Waals surface area contributed by atoms with Crippen LogP contribution in [0.25, 0.3) is 22.2 Å². The van der Waals surface area contributed by atoms with Crippen LogP contribution in [0.4, 0.5) is 5.69 Å². The first-order chi connectivity index (χ1) is 21.2. The van der Waals surface area contributed by atoms with Gasteiger partial charge in [-0.15, -0.1) is 0 Å². The molecule has 7 rings (SSSR count). The van der Waals surface area contributed by atoms with E-state index in [1.54, 1.807) is 67.8 Å². The van der Waals surface area contributed by atoms with Crippen LogP contribution in [0.3, 0.4) is 0 Å². The second kappa shape index (κ2) is 10.8. The third-order valence-corrected chi connectivity index (χ3v) is 9.38. The number of benzene rings is 3. The van der Waals surface area contributed by atoms with Crippen molar-refractivity contribution in [3.05, 3.63) is 100 Å². The van der Waals surface area contributed by atoms with E-state index in [1.165, 1.54) is 4.90 Å². The predicted molar refractivity (Wildman–Crippen MR) is 167 cm³/mol. The first-order valence-electron chi connectivity index (χ1n) is 14.4. The van der Waals surface area contributed by atoms with E-state index in [0.717, 1.165) is 16.5 Å². The number of nitrogens with zero attached hydrogens (tertiary/aromatic N) is 2. The standard InChI is InChI=1S/C35H27BrN2O6/c1-18-13-23(36)15-26-27(35(42)44-17-29(39)20-7-11-25(43-2)12-8-20)16-28(37-32(18)26)19-5-9-24(10-6-19)38-33(40)30-21-3-4-22(14-21)31(30)34(38)41/h3-13,15-16,21-22,30-31H,14,17H2,1-2H3. The Labute approximate surface area is 261 Å². The zero-order chi connectivity index (χ0) is 30.7. The van der Waals surface area contributed by atoms with Crippen molar-refractivity contribution >= 4 is 56.1 Å². The fourth-order valence-corrected chi connectivity index (χ4v) is 7.35. The van der Waals surface area contributed by atoms with Gasteiger partial charge in [0.05, 0.1) is 41.4 Å². The highest BCUT2D eigenvalue weighted by molar-refractivity contribution is 9.10. The fraction of sp³-hybridized carbons (Fsp3) is 0.229. The highest BCUT2D eigenvalue weighted by Gasteiger charge is 2.59. The summed E-state index contributed by atoms with van der Waals surface area (Å²) in [5, 5.41) is 0.585. The summed E-state index contributed by atoms with van der Waals surface area (Å²) in [7, 11) is 1.54. The Kier molecular flexibility index (Phi) is 6.93. The highest BCUT2D eigenvalue weighted by Crippen LogP contribution is 2.53. The third kappa shape index (κ3) is 4.63. The Morgan fingerprint density at radius 2 is 1.59 bits per heavy atom. The minimum absolute atomic E-state index is 0.135. The van der Waals surface area contributed by atoms with E-state index in [-0.39, 0.29) is 46.8 Å². The number of carbonyl (C=O) groups excluding carboxylic acids is 4. The number of methoxy groups -OCH3 is 1. The summed E-state index contributed by atoms with van der Waals surface area (Å²) in [4.78, 5) is 58.9. The van der Waals surface area contributed by atoms with Crippen molar-refractivity contribution < 1.29 is 28.7 Å². The van der Waals surface area contributed by atoms with Gasteiger partial charge in [0, 0.05) is 21.0 Å². The normalized spacial score (nSPS) is 21.7. The van der Waals surface area contributed by atoms with E-state index in [0.29, 0.717) is 39.2 Å². The van der Waals surface area contributed by atoms with Gasteiger partial charge in [0.2, 0.25) is 11.8 Å². The Balaban J connectivity index is 1.17. The van der Waals surface area contributed by atoms with Gasteiger partial charge in [-0.1, -0.05) is 40.2 Å². The highest BCUT2D eigenvalue weighted by atomic mass is 79.9. The summed E-state index contributed by atoms with van der Waals surface area (Å²) in [6.07, 6.45) is 5.03. The molecule has 1 saturated heterocycles. The van der Waals surface area contributed by atoms with E-state index in [1.807, 2.05) is 13.0 Å². The second-order valence-corrected chi connectivity index (χ2v) is 12.4. The Morgan fingerprint density at radius 3 is 2.23 bits per heavy atom. The van der Waals surface area contributed by atoms with Crippen molar-refractivity contribution in [2.24, 2.45) is 23.7 Å². The number of anilines is 1. The van der Waals surface area contributed by atoms with Crippen LogP contribution in [0, 0.1) is 30.6 Å². The van der Waals surface area contributed by atoms with Crippen molar-refractivity contribution in [3.63, 3.8) is 0 Å². The molecule has 0 spiro atoms. The number of imide groups is 1. The number of ketones is 1. The Morgan fingerprint density at radius 1 is 0.932 bits per heavy atom. The van der Waals surface area contributed by atoms with Gasteiger partial charge < -0.3 is 9.47 Å². The molecule has 4 aromatic rings. The van der Waals surface area contributed by atoms with Crippen LogP contribution in [0.15, 0.2) is 83.4 Å². The lowest BCUT2D eigenvalue weighted by molar-refractivity contribution is -0.123. The molecule has 8 nitrogen and oxygen atoms in total. The van der Waals surface area contributed by atoms with Crippen molar-refractivity contribution in [2.75, 3.05) is 18.6 Å². The maximum absolute atomic E-state index is 13.4. The summed E-state index contributed by atoms with van der Waals surface area (Å²) in [6.45, 7) is 1.47. The van der Waals surface area contributed by atoms with Crippen LogP contribution in [-0.2, 0) is 14.3 Å². The number of rotatable bonds is 7. The average Bonchev–Trinajstić information content (AvgIpc) is 3.72. The lowest BCUT2D eigenvalue weighted by atomic mass is 9.85. The minimum Gasteiger partial charge on any atom is -0.497 e. The molecule has 9 heteroatoms. The predicted octanol–water partition coefficient (Wildman–Crippen LogP) is 6.33. The summed E-state index contributed by atoms with van der Waals surface area (Å²) < 4.78 is 11.4. The lowest BCUT2D eigenvalue weighted by Crippen LogP contribution is -2.32. The summed E-state index contributed by atoms with van der Waals surface area (Å²) in [6, 6.07) is 19.0. The number of hydrogen-bond acceptors (Lipinski definition) is 7. The van der Waals surface area contributed by atoms with Gasteiger partial charge in [0.15, 0.2) is 12.4 Å². The number of amides is 2. The van der Waals surface area contributed by atoms with Crippen molar-refractivity contribution in [3.8, 4) is 17.0 Å². The molecule has 4 atom stereocenters. The zero-order valence-electron chi connectivity index (χ0n) is 24.0. The summed E-state index contributed by atoms with van der Waals surface area (Å²) >= 11 is 3.51. The number of hydrogen-bond donors (Lipinski definition) is 0. The van der Waals surface area contributed by atoms with Crippen LogP contribution < -0.4 is 9.64 Å². The molecule has 0 N–H and O–H groups in total. The molecule has 2 amide bonds. The number of halogens is 1.